The van der Waals surface area contributed by atoms with Gasteiger partial charge in [-0.25, -0.2) is 0 Å². The summed E-state index contributed by atoms with van der Waals surface area (Å²) in [5.41, 5.74) is 1.08. The first-order chi connectivity index (χ1) is 8.40. The van der Waals surface area contributed by atoms with Crippen molar-refractivity contribution < 1.29 is 9.47 Å². The third-order valence-corrected chi connectivity index (χ3v) is 3.65. The standard InChI is InChI=1S/C15H21ClO2/c1-10(2)13-15(3,4)9-17-14(18-13)11-5-7-12(16)8-6-11/h5-8,10,13-14H,9H2,1-4H3/t13-,14+/m0/s1. The summed E-state index contributed by atoms with van der Waals surface area (Å²) in [6, 6.07) is 7.66. The van der Waals surface area contributed by atoms with E-state index in [9.17, 15) is 0 Å². The summed E-state index contributed by atoms with van der Waals surface area (Å²) in [7, 11) is 0. The highest BCUT2D eigenvalue weighted by Crippen LogP contribution is 2.39. The molecule has 1 heterocycles. The van der Waals surface area contributed by atoms with E-state index in [-0.39, 0.29) is 17.8 Å². The summed E-state index contributed by atoms with van der Waals surface area (Å²) < 4.78 is 12.0. The first-order valence-electron chi connectivity index (χ1n) is 6.43. The number of rotatable bonds is 2. The van der Waals surface area contributed by atoms with E-state index in [1.54, 1.807) is 0 Å². The SMILES string of the molecule is CC(C)[C@@H]1O[C@H](c2ccc(Cl)cc2)OCC1(C)C. The normalized spacial score (nSPS) is 27.4. The van der Waals surface area contributed by atoms with Crippen LogP contribution in [-0.2, 0) is 9.47 Å². The van der Waals surface area contributed by atoms with Gasteiger partial charge in [0.25, 0.3) is 0 Å². The van der Waals surface area contributed by atoms with Crippen LogP contribution < -0.4 is 0 Å². The topological polar surface area (TPSA) is 18.5 Å². The van der Waals surface area contributed by atoms with Gasteiger partial charge in [0.05, 0.1) is 12.7 Å². The summed E-state index contributed by atoms with van der Waals surface area (Å²) in [6.45, 7) is 9.47. The fraction of sp³-hybridized carbons (Fsp3) is 0.600. The first kappa shape index (κ1) is 13.9. The number of ether oxygens (including phenoxy) is 2. The van der Waals surface area contributed by atoms with Gasteiger partial charge >= 0.3 is 0 Å². The predicted octanol–water partition coefficient (Wildman–Crippen LogP) is 4.44. The van der Waals surface area contributed by atoms with Crippen LogP contribution in [0.4, 0.5) is 0 Å². The highest BCUT2D eigenvalue weighted by molar-refractivity contribution is 6.30. The smallest absolute Gasteiger partial charge is 0.184 e. The molecule has 100 valence electrons. The summed E-state index contributed by atoms with van der Waals surface area (Å²) in [4.78, 5) is 0. The Kier molecular flexibility index (Phi) is 4.00. The highest BCUT2D eigenvalue weighted by atomic mass is 35.5. The van der Waals surface area contributed by atoms with Crippen LogP contribution in [0.5, 0.6) is 0 Å². The molecule has 2 nitrogen and oxygen atoms in total. The third-order valence-electron chi connectivity index (χ3n) is 3.39. The molecular weight excluding hydrogens is 248 g/mol. The quantitative estimate of drug-likeness (QED) is 0.790. The molecule has 0 aliphatic carbocycles. The second kappa shape index (κ2) is 5.20. The van der Waals surface area contributed by atoms with E-state index < -0.39 is 0 Å². The van der Waals surface area contributed by atoms with Crippen molar-refractivity contribution in [3.8, 4) is 0 Å². The van der Waals surface area contributed by atoms with Gasteiger partial charge in [-0.3, -0.25) is 0 Å². The largest absolute Gasteiger partial charge is 0.348 e. The molecular formula is C15H21ClO2. The molecule has 1 saturated heterocycles. The minimum atomic E-state index is -0.275. The minimum absolute atomic E-state index is 0.0527. The first-order valence-corrected chi connectivity index (χ1v) is 6.80. The average Bonchev–Trinajstić information content (AvgIpc) is 2.29. The van der Waals surface area contributed by atoms with Crippen LogP contribution in [0.3, 0.4) is 0 Å². The molecule has 1 aliphatic rings. The molecule has 0 N–H and O–H groups in total. The zero-order valence-electron chi connectivity index (χ0n) is 11.4. The lowest BCUT2D eigenvalue weighted by molar-refractivity contribution is -0.274. The maximum Gasteiger partial charge on any atom is 0.184 e. The Labute approximate surface area is 114 Å². The Hall–Kier alpha value is -0.570. The number of hydrogen-bond acceptors (Lipinski definition) is 2. The lowest BCUT2D eigenvalue weighted by atomic mass is 9.80. The van der Waals surface area contributed by atoms with Gasteiger partial charge in [-0.1, -0.05) is 51.4 Å². The Bertz CT molecular complexity index is 397. The van der Waals surface area contributed by atoms with Crippen molar-refractivity contribution in [2.45, 2.75) is 40.1 Å². The number of halogens is 1. The molecule has 0 aromatic heterocycles. The van der Waals surface area contributed by atoms with E-state index in [0.717, 1.165) is 10.6 Å². The van der Waals surface area contributed by atoms with Crippen molar-refractivity contribution in [2.24, 2.45) is 11.3 Å². The Morgan fingerprint density at radius 1 is 1.22 bits per heavy atom. The molecule has 0 amide bonds. The minimum Gasteiger partial charge on any atom is -0.348 e. The molecule has 3 heteroatoms. The summed E-state index contributed by atoms with van der Waals surface area (Å²) in [6.07, 6.45) is -0.0744. The van der Waals surface area contributed by atoms with Crippen LogP contribution in [0.2, 0.25) is 5.02 Å². The van der Waals surface area contributed by atoms with Gasteiger partial charge in [0, 0.05) is 16.0 Å². The van der Waals surface area contributed by atoms with Gasteiger partial charge in [0.2, 0.25) is 0 Å². The lowest BCUT2D eigenvalue weighted by Crippen LogP contribution is -2.45. The van der Waals surface area contributed by atoms with Crippen LogP contribution in [0.25, 0.3) is 0 Å². The maximum atomic E-state index is 6.12. The molecule has 0 bridgehead atoms. The second-order valence-corrected chi connectivity index (χ2v) is 6.42. The zero-order valence-corrected chi connectivity index (χ0v) is 12.2. The van der Waals surface area contributed by atoms with E-state index in [2.05, 4.69) is 27.7 Å². The fourth-order valence-corrected chi connectivity index (χ4v) is 2.71. The molecule has 0 spiro atoms. The van der Waals surface area contributed by atoms with E-state index in [1.165, 1.54) is 0 Å². The van der Waals surface area contributed by atoms with Gasteiger partial charge in [0.15, 0.2) is 6.29 Å². The van der Waals surface area contributed by atoms with E-state index in [4.69, 9.17) is 21.1 Å². The maximum absolute atomic E-state index is 6.12. The van der Waals surface area contributed by atoms with Crippen LogP contribution >= 0.6 is 11.6 Å². The van der Waals surface area contributed by atoms with Gasteiger partial charge in [-0.2, -0.15) is 0 Å². The molecule has 18 heavy (non-hydrogen) atoms. The number of benzene rings is 1. The molecule has 0 radical (unpaired) electrons. The van der Waals surface area contributed by atoms with Crippen LogP contribution in [0.15, 0.2) is 24.3 Å². The van der Waals surface area contributed by atoms with Crippen LogP contribution in [-0.4, -0.2) is 12.7 Å². The third kappa shape index (κ3) is 2.87. The van der Waals surface area contributed by atoms with Crippen molar-refractivity contribution in [3.05, 3.63) is 34.9 Å². The van der Waals surface area contributed by atoms with E-state index >= 15 is 0 Å². The van der Waals surface area contributed by atoms with Crippen LogP contribution in [0.1, 0.15) is 39.5 Å². The van der Waals surface area contributed by atoms with Gasteiger partial charge in [0.1, 0.15) is 0 Å². The van der Waals surface area contributed by atoms with Crippen LogP contribution in [0, 0.1) is 11.3 Å². The molecule has 0 unspecified atom stereocenters. The lowest BCUT2D eigenvalue weighted by Gasteiger charge is -2.44. The fourth-order valence-electron chi connectivity index (χ4n) is 2.58. The summed E-state index contributed by atoms with van der Waals surface area (Å²) in [5.74, 6) is 0.471. The van der Waals surface area contributed by atoms with Crippen molar-refractivity contribution >= 4 is 11.6 Å². The van der Waals surface area contributed by atoms with Crippen molar-refractivity contribution in [1.82, 2.24) is 0 Å². The van der Waals surface area contributed by atoms with E-state index in [1.807, 2.05) is 24.3 Å². The molecule has 1 aromatic carbocycles. The second-order valence-electron chi connectivity index (χ2n) is 5.98. The number of hydrogen-bond donors (Lipinski definition) is 0. The predicted molar refractivity (Wildman–Crippen MR) is 73.6 cm³/mol. The Morgan fingerprint density at radius 3 is 2.39 bits per heavy atom. The van der Waals surface area contributed by atoms with Gasteiger partial charge in [-0.05, 0) is 18.1 Å². The van der Waals surface area contributed by atoms with Crippen molar-refractivity contribution in [3.63, 3.8) is 0 Å². The average molecular weight is 269 g/mol. The summed E-state index contributed by atoms with van der Waals surface area (Å²) >= 11 is 5.89. The highest BCUT2D eigenvalue weighted by Gasteiger charge is 2.40. The molecule has 2 rings (SSSR count). The zero-order chi connectivity index (χ0) is 13.3. The molecule has 1 aromatic rings. The van der Waals surface area contributed by atoms with Gasteiger partial charge in [-0.15, -0.1) is 0 Å². The Morgan fingerprint density at radius 2 is 1.83 bits per heavy atom. The van der Waals surface area contributed by atoms with E-state index in [0.29, 0.717) is 12.5 Å². The molecule has 1 fully saturated rings. The molecule has 2 atom stereocenters. The van der Waals surface area contributed by atoms with Crippen molar-refractivity contribution in [2.75, 3.05) is 6.61 Å². The van der Waals surface area contributed by atoms with Crippen molar-refractivity contribution in [1.29, 1.82) is 0 Å². The Balaban J connectivity index is 2.15. The monoisotopic (exact) mass is 268 g/mol. The van der Waals surface area contributed by atoms with Gasteiger partial charge < -0.3 is 9.47 Å². The molecule has 0 saturated carbocycles. The molecule has 1 aliphatic heterocycles. The summed E-state index contributed by atoms with van der Waals surface area (Å²) in [5, 5.41) is 0.732.